The Labute approximate surface area is 194 Å². The Morgan fingerprint density at radius 3 is 2.50 bits per heavy atom. The van der Waals surface area contributed by atoms with Gasteiger partial charge in [-0.15, -0.1) is 0 Å². The highest BCUT2D eigenvalue weighted by Crippen LogP contribution is 2.33. The van der Waals surface area contributed by atoms with Gasteiger partial charge in [-0.3, -0.25) is 0 Å². The van der Waals surface area contributed by atoms with Crippen molar-refractivity contribution in [1.29, 1.82) is 0 Å². The Kier molecular flexibility index (Phi) is 6.87. The number of hydrogen-bond acceptors (Lipinski definition) is 5. The molecule has 5 nitrogen and oxygen atoms in total. The van der Waals surface area contributed by atoms with Gasteiger partial charge in [0.25, 0.3) is 0 Å². The Hall–Kier alpha value is -3.16. The molecule has 2 heterocycles. The summed E-state index contributed by atoms with van der Waals surface area (Å²) in [5.41, 5.74) is 4.58. The largest absolute Gasteiger partial charge is 0.391 e. The van der Waals surface area contributed by atoms with Crippen molar-refractivity contribution in [1.82, 2.24) is 14.8 Å². The highest BCUT2D eigenvalue weighted by atomic mass is 35.5. The minimum Gasteiger partial charge on any atom is -0.391 e. The van der Waals surface area contributed by atoms with Crippen LogP contribution in [0.4, 0.5) is 4.39 Å². The molecule has 4 aromatic rings. The Morgan fingerprint density at radius 2 is 1.81 bits per heavy atom. The predicted molar refractivity (Wildman–Crippen MR) is 125 cm³/mol. The monoisotopic (exact) mass is 466 g/mol. The van der Waals surface area contributed by atoms with Crippen LogP contribution in [0.1, 0.15) is 22.4 Å². The molecule has 8 heteroatoms. The molecule has 0 aliphatic carbocycles. The van der Waals surface area contributed by atoms with E-state index in [9.17, 15) is 4.39 Å². The summed E-state index contributed by atoms with van der Waals surface area (Å²) < 4.78 is 15.3. The van der Waals surface area contributed by atoms with Crippen molar-refractivity contribution >= 4 is 29.6 Å². The third-order valence-corrected chi connectivity index (χ3v) is 5.96. The molecule has 0 N–H and O–H groups in total. The first-order valence-electron chi connectivity index (χ1n) is 9.85. The lowest BCUT2D eigenvalue weighted by molar-refractivity contribution is 0.132. The third kappa shape index (κ3) is 5.36. The molecular weight excluding hydrogens is 447 g/mol. The number of nitrogens with zero attached hydrogens (tertiary/aromatic N) is 4. The molecule has 0 atom stereocenters. The average Bonchev–Trinajstić information content (AvgIpc) is 3.09. The summed E-state index contributed by atoms with van der Waals surface area (Å²) in [5, 5.41) is 10.2. The van der Waals surface area contributed by atoms with Gasteiger partial charge in [-0.2, -0.15) is 5.10 Å². The number of halogens is 2. The van der Waals surface area contributed by atoms with Crippen molar-refractivity contribution in [3.63, 3.8) is 0 Å². The highest BCUT2D eigenvalue weighted by molar-refractivity contribution is 7.99. The molecule has 2 aromatic carbocycles. The van der Waals surface area contributed by atoms with E-state index in [2.05, 4.69) is 10.1 Å². The van der Waals surface area contributed by atoms with Gasteiger partial charge in [-0.25, -0.2) is 14.1 Å². The molecule has 0 saturated carbocycles. The molecular formula is C24H20ClFN4OS. The standard InChI is InChI=1S/C24H20ClFN4OS/c1-16-3-8-20(9-4-16)30-24(32-21-10-6-19(26)7-11-21)22(17(2)29-30)14-28-31-15-18-5-12-23(25)27-13-18/h3-14H,15H2,1-2H3/b28-14+. The lowest BCUT2D eigenvalue weighted by Crippen LogP contribution is -1.99. The molecule has 0 spiro atoms. The zero-order valence-electron chi connectivity index (χ0n) is 17.5. The molecule has 0 amide bonds. The zero-order valence-corrected chi connectivity index (χ0v) is 19.1. The van der Waals surface area contributed by atoms with Gasteiger partial charge in [0.1, 0.15) is 22.6 Å². The Bertz CT molecular complexity index is 1220. The maximum atomic E-state index is 13.4. The fraction of sp³-hybridized carbons (Fsp3) is 0.125. The van der Waals surface area contributed by atoms with E-state index in [-0.39, 0.29) is 12.4 Å². The van der Waals surface area contributed by atoms with Gasteiger partial charge in [0.05, 0.1) is 23.2 Å². The second-order valence-electron chi connectivity index (χ2n) is 7.10. The molecule has 0 radical (unpaired) electrons. The van der Waals surface area contributed by atoms with Crippen LogP contribution in [0, 0.1) is 19.7 Å². The third-order valence-electron chi connectivity index (χ3n) is 4.65. The van der Waals surface area contributed by atoms with Crippen LogP contribution < -0.4 is 0 Å². The van der Waals surface area contributed by atoms with Crippen LogP contribution in [-0.4, -0.2) is 21.0 Å². The maximum Gasteiger partial charge on any atom is 0.143 e. The highest BCUT2D eigenvalue weighted by Gasteiger charge is 2.17. The molecule has 0 unspecified atom stereocenters. The zero-order chi connectivity index (χ0) is 22.5. The predicted octanol–water partition coefficient (Wildman–Crippen LogP) is 6.38. The summed E-state index contributed by atoms with van der Waals surface area (Å²) in [4.78, 5) is 10.4. The number of aryl methyl sites for hydroxylation is 2. The van der Waals surface area contributed by atoms with E-state index in [0.717, 1.165) is 38.0 Å². The lowest BCUT2D eigenvalue weighted by atomic mass is 10.2. The van der Waals surface area contributed by atoms with E-state index < -0.39 is 0 Å². The smallest absolute Gasteiger partial charge is 0.143 e. The maximum absolute atomic E-state index is 13.4. The molecule has 2 aromatic heterocycles. The molecule has 0 saturated heterocycles. The Morgan fingerprint density at radius 1 is 1.06 bits per heavy atom. The number of aromatic nitrogens is 3. The normalized spacial score (nSPS) is 11.2. The summed E-state index contributed by atoms with van der Waals surface area (Å²) in [7, 11) is 0. The van der Waals surface area contributed by atoms with Crippen LogP contribution in [-0.2, 0) is 11.4 Å². The van der Waals surface area contributed by atoms with E-state index in [0.29, 0.717) is 5.15 Å². The first-order valence-corrected chi connectivity index (χ1v) is 11.0. The van der Waals surface area contributed by atoms with Gasteiger partial charge in [0.2, 0.25) is 0 Å². The van der Waals surface area contributed by atoms with Crippen molar-refractivity contribution < 1.29 is 9.23 Å². The second-order valence-corrected chi connectivity index (χ2v) is 8.55. The van der Waals surface area contributed by atoms with Gasteiger partial charge in [0, 0.05) is 16.7 Å². The number of rotatable bonds is 7. The van der Waals surface area contributed by atoms with E-state index in [1.165, 1.54) is 23.9 Å². The molecule has 162 valence electrons. The van der Waals surface area contributed by atoms with Crippen molar-refractivity contribution in [2.75, 3.05) is 0 Å². The minimum absolute atomic E-state index is 0.270. The SMILES string of the molecule is Cc1ccc(-n2nc(C)c(/C=N/OCc3ccc(Cl)nc3)c2Sc2ccc(F)cc2)cc1. The van der Waals surface area contributed by atoms with Crippen molar-refractivity contribution in [2.45, 2.75) is 30.4 Å². The fourth-order valence-corrected chi connectivity index (χ4v) is 4.08. The van der Waals surface area contributed by atoms with Crippen molar-refractivity contribution in [2.24, 2.45) is 5.16 Å². The van der Waals surface area contributed by atoms with Gasteiger partial charge >= 0.3 is 0 Å². The quantitative estimate of drug-likeness (QED) is 0.180. The number of benzene rings is 2. The van der Waals surface area contributed by atoms with Crippen LogP contribution in [0.5, 0.6) is 0 Å². The van der Waals surface area contributed by atoms with Gasteiger partial charge in [-0.1, -0.05) is 52.3 Å². The van der Waals surface area contributed by atoms with Crippen LogP contribution in [0.15, 0.2) is 81.9 Å². The fourth-order valence-electron chi connectivity index (χ4n) is 2.93. The molecule has 0 aliphatic rings. The number of pyridine rings is 1. The molecule has 32 heavy (non-hydrogen) atoms. The van der Waals surface area contributed by atoms with E-state index >= 15 is 0 Å². The lowest BCUT2D eigenvalue weighted by Gasteiger charge is -2.09. The minimum atomic E-state index is -0.274. The van der Waals surface area contributed by atoms with Crippen LogP contribution in [0.2, 0.25) is 5.15 Å². The summed E-state index contributed by atoms with van der Waals surface area (Å²) in [6, 6.07) is 18.0. The van der Waals surface area contributed by atoms with Crippen LogP contribution in [0.25, 0.3) is 5.69 Å². The van der Waals surface area contributed by atoms with E-state index in [4.69, 9.17) is 21.5 Å². The van der Waals surface area contributed by atoms with Gasteiger partial charge in [0.15, 0.2) is 0 Å². The summed E-state index contributed by atoms with van der Waals surface area (Å²) in [5.74, 6) is -0.274. The first-order chi connectivity index (χ1) is 15.5. The van der Waals surface area contributed by atoms with E-state index in [1.54, 1.807) is 30.6 Å². The molecule has 4 rings (SSSR count). The van der Waals surface area contributed by atoms with Crippen LogP contribution in [0.3, 0.4) is 0 Å². The topological polar surface area (TPSA) is 52.3 Å². The summed E-state index contributed by atoms with van der Waals surface area (Å²) in [6.45, 7) is 4.23. The first kappa shape index (κ1) is 22.0. The van der Waals surface area contributed by atoms with Crippen molar-refractivity contribution in [3.8, 4) is 5.69 Å². The second kappa shape index (κ2) is 9.97. The van der Waals surface area contributed by atoms with Crippen LogP contribution >= 0.6 is 23.4 Å². The summed E-state index contributed by atoms with van der Waals surface area (Å²) in [6.07, 6.45) is 3.30. The van der Waals surface area contributed by atoms with E-state index in [1.807, 2.05) is 48.9 Å². The molecule has 0 bridgehead atoms. The molecule has 0 fully saturated rings. The number of oxime groups is 1. The summed E-state index contributed by atoms with van der Waals surface area (Å²) >= 11 is 7.30. The molecule has 0 aliphatic heterocycles. The van der Waals surface area contributed by atoms with Crippen molar-refractivity contribution in [3.05, 3.63) is 100 Å². The van der Waals surface area contributed by atoms with Gasteiger partial charge in [-0.05, 0) is 56.3 Å². The Balaban J connectivity index is 1.63. The average molecular weight is 467 g/mol. The van der Waals surface area contributed by atoms with Gasteiger partial charge < -0.3 is 4.84 Å². The number of hydrogen-bond donors (Lipinski definition) is 0.